The summed E-state index contributed by atoms with van der Waals surface area (Å²) >= 11 is 18.3. The van der Waals surface area contributed by atoms with Crippen molar-refractivity contribution >= 4 is 62.8 Å². The first-order valence-electron chi connectivity index (χ1n) is 8.52. The summed E-state index contributed by atoms with van der Waals surface area (Å²) in [6, 6.07) is 12.6. The zero-order chi connectivity index (χ0) is 21.4. The summed E-state index contributed by atoms with van der Waals surface area (Å²) in [6.45, 7) is 0. The van der Waals surface area contributed by atoms with E-state index in [0.717, 1.165) is 5.56 Å². The van der Waals surface area contributed by atoms with Crippen molar-refractivity contribution in [2.75, 3.05) is 0 Å². The first-order valence-corrected chi connectivity index (χ1v) is 9.65. The van der Waals surface area contributed by atoms with Crippen LogP contribution in [0.25, 0.3) is 33.3 Å². The monoisotopic (exact) mass is 460 g/mol. The van der Waals surface area contributed by atoms with Gasteiger partial charge in [-0.15, -0.1) is 0 Å². The Morgan fingerprint density at radius 1 is 1.07 bits per heavy atom. The number of benzene rings is 2. The number of carbonyl (C=O) groups is 1. The van der Waals surface area contributed by atoms with E-state index in [9.17, 15) is 9.59 Å². The molecule has 9 heteroatoms. The number of halogens is 3. The Balaban J connectivity index is 1.70. The van der Waals surface area contributed by atoms with E-state index < -0.39 is 11.5 Å². The van der Waals surface area contributed by atoms with Gasteiger partial charge in [0, 0.05) is 11.6 Å². The lowest BCUT2D eigenvalue weighted by Crippen LogP contribution is -2.11. The van der Waals surface area contributed by atoms with Crippen LogP contribution in [0.1, 0.15) is 21.9 Å². The van der Waals surface area contributed by atoms with Gasteiger partial charge in [-0.25, -0.2) is 9.78 Å². The standard InChI is InChI=1S/C21H11Cl3N2O4/c22-14-5-2-10(7-15(14)23)18-6-3-12(30-18)9-16(24)19-25-17-8-11(21(28)29)1-4-13(17)20(27)26-19/h1-9H,(H,28,29)(H,25,26,27)/b16-9-. The van der Waals surface area contributed by atoms with Gasteiger partial charge in [-0.05, 0) is 48.5 Å². The van der Waals surface area contributed by atoms with Crippen LogP contribution in [0.5, 0.6) is 0 Å². The molecule has 0 aliphatic rings. The molecule has 0 radical (unpaired) electrons. The van der Waals surface area contributed by atoms with Crippen molar-refractivity contribution < 1.29 is 14.3 Å². The normalized spacial score (nSPS) is 11.8. The predicted octanol–water partition coefficient (Wildman–Crippen LogP) is 5.93. The van der Waals surface area contributed by atoms with Gasteiger partial charge in [0.2, 0.25) is 0 Å². The lowest BCUT2D eigenvalue weighted by molar-refractivity contribution is 0.0697. The van der Waals surface area contributed by atoms with Gasteiger partial charge in [0.05, 0.1) is 31.5 Å². The van der Waals surface area contributed by atoms with E-state index in [1.54, 1.807) is 30.3 Å². The van der Waals surface area contributed by atoms with Crippen molar-refractivity contribution in [3.05, 3.63) is 86.1 Å². The Labute approximate surface area is 184 Å². The lowest BCUT2D eigenvalue weighted by Gasteiger charge is -2.03. The summed E-state index contributed by atoms with van der Waals surface area (Å²) < 4.78 is 5.76. The largest absolute Gasteiger partial charge is 0.478 e. The number of furan rings is 1. The van der Waals surface area contributed by atoms with Crippen molar-refractivity contribution in [1.82, 2.24) is 9.97 Å². The van der Waals surface area contributed by atoms with E-state index in [2.05, 4.69) is 9.97 Å². The molecular formula is C21H11Cl3N2O4. The van der Waals surface area contributed by atoms with Crippen molar-refractivity contribution in [1.29, 1.82) is 0 Å². The molecular weight excluding hydrogens is 451 g/mol. The predicted molar refractivity (Wildman–Crippen MR) is 117 cm³/mol. The van der Waals surface area contributed by atoms with Crippen LogP contribution in [-0.2, 0) is 0 Å². The maximum absolute atomic E-state index is 12.3. The third kappa shape index (κ3) is 3.98. The van der Waals surface area contributed by atoms with Crippen molar-refractivity contribution in [2.24, 2.45) is 0 Å². The first-order chi connectivity index (χ1) is 14.3. The fourth-order valence-electron chi connectivity index (χ4n) is 2.81. The van der Waals surface area contributed by atoms with E-state index in [4.69, 9.17) is 44.3 Å². The number of rotatable bonds is 4. The van der Waals surface area contributed by atoms with Crippen molar-refractivity contribution in [2.45, 2.75) is 0 Å². The van der Waals surface area contributed by atoms with Gasteiger partial charge in [0.1, 0.15) is 11.5 Å². The van der Waals surface area contributed by atoms with Crippen LogP contribution in [0.15, 0.2) is 57.7 Å². The van der Waals surface area contributed by atoms with E-state index >= 15 is 0 Å². The average Bonchev–Trinajstić information content (AvgIpc) is 3.18. The number of hydrogen-bond donors (Lipinski definition) is 2. The highest BCUT2D eigenvalue weighted by atomic mass is 35.5. The number of aromatic amines is 1. The first kappa shape index (κ1) is 20.2. The highest BCUT2D eigenvalue weighted by Crippen LogP contribution is 2.30. The molecule has 0 aliphatic heterocycles. The molecule has 0 saturated carbocycles. The maximum atomic E-state index is 12.3. The summed E-state index contributed by atoms with van der Waals surface area (Å²) in [6.07, 6.45) is 1.49. The average molecular weight is 462 g/mol. The van der Waals surface area contributed by atoms with Crippen LogP contribution in [-0.4, -0.2) is 21.0 Å². The molecule has 4 aromatic rings. The molecule has 30 heavy (non-hydrogen) atoms. The third-order valence-corrected chi connectivity index (χ3v) is 5.31. The molecule has 2 N–H and O–H groups in total. The number of carboxylic acid groups (broad SMARTS) is 1. The zero-order valence-electron chi connectivity index (χ0n) is 14.9. The molecule has 0 aliphatic carbocycles. The summed E-state index contributed by atoms with van der Waals surface area (Å²) in [5.41, 5.74) is 0.535. The van der Waals surface area contributed by atoms with E-state index in [-0.39, 0.29) is 27.3 Å². The Kier molecular flexibility index (Phi) is 5.39. The number of nitrogens with zero attached hydrogens (tertiary/aromatic N) is 1. The molecule has 0 fully saturated rings. The van der Waals surface area contributed by atoms with Crippen LogP contribution >= 0.6 is 34.8 Å². The van der Waals surface area contributed by atoms with Gasteiger partial charge < -0.3 is 14.5 Å². The smallest absolute Gasteiger partial charge is 0.335 e. The number of nitrogens with one attached hydrogen (secondary N) is 1. The fraction of sp³-hybridized carbons (Fsp3) is 0. The molecule has 6 nitrogen and oxygen atoms in total. The number of fused-ring (bicyclic) bond motifs is 1. The number of aromatic carboxylic acids is 1. The second-order valence-electron chi connectivity index (χ2n) is 6.27. The van der Waals surface area contributed by atoms with Gasteiger partial charge in [0.15, 0.2) is 5.82 Å². The number of H-pyrrole nitrogens is 1. The lowest BCUT2D eigenvalue weighted by atomic mass is 10.1. The van der Waals surface area contributed by atoms with Crippen molar-refractivity contribution in [3.8, 4) is 11.3 Å². The summed E-state index contributed by atoms with van der Waals surface area (Å²) in [4.78, 5) is 30.3. The highest BCUT2D eigenvalue weighted by molar-refractivity contribution is 6.50. The van der Waals surface area contributed by atoms with Gasteiger partial charge in [0.25, 0.3) is 5.56 Å². The second kappa shape index (κ2) is 7.99. The molecule has 2 heterocycles. The quantitative estimate of drug-likeness (QED) is 0.393. The van der Waals surface area contributed by atoms with Gasteiger partial charge >= 0.3 is 5.97 Å². The molecule has 0 atom stereocenters. The van der Waals surface area contributed by atoms with E-state index in [1.807, 2.05) is 0 Å². The van der Waals surface area contributed by atoms with Crippen LogP contribution in [0, 0.1) is 0 Å². The SMILES string of the molecule is O=C(O)c1ccc2c(=O)[nH]c(/C(Cl)=C/c3ccc(-c4ccc(Cl)c(Cl)c4)o3)nc2c1. The molecule has 4 rings (SSSR count). The van der Waals surface area contributed by atoms with Gasteiger partial charge in [-0.3, -0.25) is 4.79 Å². The number of aromatic nitrogens is 2. The molecule has 2 aromatic carbocycles. The molecule has 0 spiro atoms. The minimum atomic E-state index is -1.12. The summed E-state index contributed by atoms with van der Waals surface area (Å²) in [5, 5.41) is 10.3. The van der Waals surface area contributed by atoms with E-state index in [0.29, 0.717) is 21.6 Å². The van der Waals surface area contributed by atoms with Crippen LogP contribution < -0.4 is 5.56 Å². The van der Waals surface area contributed by atoms with Gasteiger partial charge in [-0.1, -0.05) is 34.8 Å². The van der Waals surface area contributed by atoms with Crippen LogP contribution in [0.4, 0.5) is 0 Å². The van der Waals surface area contributed by atoms with E-state index in [1.165, 1.54) is 24.3 Å². The molecule has 0 unspecified atom stereocenters. The highest BCUT2D eigenvalue weighted by Gasteiger charge is 2.12. The number of hydrogen-bond acceptors (Lipinski definition) is 4. The molecule has 150 valence electrons. The third-order valence-electron chi connectivity index (χ3n) is 4.28. The Morgan fingerprint density at radius 3 is 2.60 bits per heavy atom. The van der Waals surface area contributed by atoms with Crippen molar-refractivity contribution in [3.63, 3.8) is 0 Å². The fourth-order valence-corrected chi connectivity index (χ4v) is 3.31. The maximum Gasteiger partial charge on any atom is 0.335 e. The Hall–Kier alpha value is -3.06. The minimum Gasteiger partial charge on any atom is -0.478 e. The molecule has 0 saturated heterocycles. The molecule has 0 bridgehead atoms. The minimum absolute atomic E-state index is 0.0175. The van der Waals surface area contributed by atoms with Gasteiger partial charge in [-0.2, -0.15) is 0 Å². The van der Waals surface area contributed by atoms with Crippen LogP contribution in [0.2, 0.25) is 10.0 Å². The molecule has 2 aromatic heterocycles. The Bertz CT molecular complexity index is 1390. The zero-order valence-corrected chi connectivity index (χ0v) is 17.2. The summed E-state index contributed by atoms with van der Waals surface area (Å²) in [7, 11) is 0. The van der Waals surface area contributed by atoms with Crippen LogP contribution in [0.3, 0.4) is 0 Å². The summed E-state index contributed by atoms with van der Waals surface area (Å²) in [5.74, 6) is -0.0600. The topological polar surface area (TPSA) is 96.2 Å². The second-order valence-corrected chi connectivity index (χ2v) is 7.50. The Morgan fingerprint density at radius 2 is 1.87 bits per heavy atom. The number of carboxylic acids is 1. The molecule has 0 amide bonds.